The van der Waals surface area contributed by atoms with Crippen LogP contribution in [0.25, 0.3) is 21.7 Å². The molecule has 3 aromatic heterocycles. The molecule has 0 N–H and O–H groups in total. The molecule has 0 fully saturated rings. The van der Waals surface area contributed by atoms with Crippen molar-refractivity contribution in [1.29, 1.82) is 0 Å². The Balaban J connectivity index is 2.18. The quantitative estimate of drug-likeness (QED) is 0.648. The number of hydrogen-bond acceptors (Lipinski definition) is 7. The molecule has 8 heteroatoms. The summed E-state index contributed by atoms with van der Waals surface area (Å²) in [5.41, 5.74) is 1.01. The lowest BCUT2D eigenvalue weighted by atomic mass is 10.2. The molecule has 0 aromatic carbocycles. The van der Waals surface area contributed by atoms with E-state index in [1.54, 1.807) is 45.2 Å². The summed E-state index contributed by atoms with van der Waals surface area (Å²) in [5.74, 6) is -0.545. The van der Waals surface area contributed by atoms with E-state index in [1.807, 2.05) is 6.07 Å². The van der Waals surface area contributed by atoms with Gasteiger partial charge in [0.15, 0.2) is 0 Å². The molecule has 0 radical (unpaired) electrons. The smallest absolute Gasteiger partial charge is 0.420 e. The number of ether oxygens (including phenoxy) is 2. The third-order valence-corrected chi connectivity index (χ3v) is 4.25. The van der Waals surface area contributed by atoms with Gasteiger partial charge in [0.25, 0.3) is 0 Å². The SMILES string of the molecule is COC(=O)c1nc2cc(-c3ccccn3)n(C(=O)OC(C)(C)C)c2s1. The first-order chi connectivity index (χ1) is 11.8. The minimum absolute atomic E-state index is 0.178. The molecule has 0 aliphatic heterocycles. The van der Waals surface area contributed by atoms with Gasteiger partial charge in [-0.25, -0.2) is 19.1 Å². The van der Waals surface area contributed by atoms with E-state index in [0.29, 0.717) is 21.7 Å². The van der Waals surface area contributed by atoms with Crippen molar-refractivity contribution in [3.63, 3.8) is 0 Å². The van der Waals surface area contributed by atoms with Gasteiger partial charge in [-0.05, 0) is 39.0 Å². The Morgan fingerprint density at radius 1 is 1.24 bits per heavy atom. The number of rotatable bonds is 2. The van der Waals surface area contributed by atoms with E-state index < -0.39 is 17.7 Å². The van der Waals surface area contributed by atoms with Crippen molar-refractivity contribution in [3.8, 4) is 11.4 Å². The van der Waals surface area contributed by atoms with Crippen LogP contribution in [0.3, 0.4) is 0 Å². The summed E-state index contributed by atoms with van der Waals surface area (Å²) in [4.78, 5) is 33.5. The Hall–Kier alpha value is -2.74. The largest absolute Gasteiger partial charge is 0.464 e. The Morgan fingerprint density at radius 2 is 2.00 bits per heavy atom. The minimum Gasteiger partial charge on any atom is -0.464 e. The van der Waals surface area contributed by atoms with Gasteiger partial charge in [-0.2, -0.15) is 0 Å². The molecular formula is C17H17N3O4S. The summed E-state index contributed by atoms with van der Waals surface area (Å²) >= 11 is 1.08. The molecular weight excluding hydrogens is 342 g/mol. The molecule has 130 valence electrons. The molecule has 0 bridgehead atoms. The van der Waals surface area contributed by atoms with Crippen LogP contribution in [0.2, 0.25) is 0 Å². The minimum atomic E-state index is -0.662. The van der Waals surface area contributed by atoms with E-state index in [2.05, 4.69) is 9.97 Å². The molecule has 0 aliphatic rings. The van der Waals surface area contributed by atoms with Crippen molar-refractivity contribution in [2.45, 2.75) is 26.4 Å². The molecule has 0 saturated carbocycles. The highest BCUT2D eigenvalue weighted by atomic mass is 32.1. The molecule has 3 heterocycles. The van der Waals surface area contributed by atoms with Crippen LogP contribution >= 0.6 is 11.3 Å². The van der Waals surface area contributed by atoms with Crippen molar-refractivity contribution in [2.75, 3.05) is 7.11 Å². The van der Waals surface area contributed by atoms with Gasteiger partial charge in [-0.3, -0.25) is 4.98 Å². The fourth-order valence-corrected chi connectivity index (χ4v) is 3.21. The number of carbonyl (C=O) groups excluding carboxylic acids is 2. The first kappa shape index (κ1) is 17.1. The van der Waals surface area contributed by atoms with Crippen molar-refractivity contribution < 1.29 is 19.1 Å². The van der Waals surface area contributed by atoms with Crippen LogP contribution in [-0.4, -0.2) is 39.3 Å². The van der Waals surface area contributed by atoms with Crippen LogP contribution in [0.4, 0.5) is 4.79 Å². The second-order valence-electron chi connectivity index (χ2n) is 6.26. The zero-order valence-corrected chi connectivity index (χ0v) is 15.1. The van der Waals surface area contributed by atoms with Crippen LogP contribution in [0.1, 0.15) is 30.6 Å². The zero-order valence-electron chi connectivity index (χ0n) is 14.3. The van der Waals surface area contributed by atoms with E-state index in [4.69, 9.17) is 9.47 Å². The van der Waals surface area contributed by atoms with Gasteiger partial charge in [-0.15, -0.1) is 0 Å². The summed E-state index contributed by atoms with van der Waals surface area (Å²) < 4.78 is 11.6. The number of esters is 1. The number of thiazole rings is 1. The Labute approximate surface area is 148 Å². The van der Waals surface area contributed by atoms with E-state index in [-0.39, 0.29) is 5.01 Å². The molecule has 0 aliphatic carbocycles. The summed E-state index contributed by atoms with van der Waals surface area (Å²) in [5, 5.41) is 0.178. The monoisotopic (exact) mass is 359 g/mol. The van der Waals surface area contributed by atoms with Gasteiger partial charge in [0.05, 0.1) is 18.5 Å². The number of nitrogens with zero attached hydrogens (tertiary/aromatic N) is 3. The molecule has 0 spiro atoms. The topological polar surface area (TPSA) is 83.3 Å². The number of aromatic nitrogens is 3. The summed E-state index contributed by atoms with van der Waals surface area (Å²) in [6, 6.07) is 7.13. The molecule has 0 saturated heterocycles. The average molecular weight is 359 g/mol. The second-order valence-corrected chi connectivity index (χ2v) is 7.24. The predicted molar refractivity (Wildman–Crippen MR) is 93.8 cm³/mol. The lowest BCUT2D eigenvalue weighted by Gasteiger charge is -2.20. The van der Waals surface area contributed by atoms with Gasteiger partial charge in [0, 0.05) is 6.20 Å². The molecule has 0 atom stereocenters. The number of hydrogen-bond donors (Lipinski definition) is 0. The first-order valence-corrected chi connectivity index (χ1v) is 8.37. The van der Waals surface area contributed by atoms with Gasteiger partial charge in [-0.1, -0.05) is 17.4 Å². The van der Waals surface area contributed by atoms with Crippen molar-refractivity contribution in [1.82, 2.24) is 14.5 Å². The van der Waals surface area contributed by atoms with Crippen LogP contribution in [0.15, 0.2) is 30.5 Å². The Kier molecular flexibility index (Phi) is 4.30. The highest BCUT2D eigenvalue weighted by Gasteiger charge is 2.26. The predicted octanol–water partition coefficient (Wildman–Crippen LogP) is 3.73. The number of methoxy groups -OCH3 is 1. The van der Waals surface area contributed by atoms with Crippen LogP contribution in [0, 0.1) is 0 Å². The standard InChI is InChI=1S/C17H17N3O4S/c1-17(2,3)24-16(22)20-12(10-7-5-6-8-18-10)9-11-14(20)25-13(19-11)15(21)23-4/h5-9H,1-4H3. The maximum atomic E-state index is 12.8. The third kappa shape index (κ3) is 3.39. The molecule has 7 nitrogen and oxygen atoms in total. The van der Waals surface area contributed by atoms with Crippen molar-refractivity contribution in [2.24, 2.45) is 0 Å². The van der Waals surface area contributed by atoms with Gasteiger partial charge in [0.1, 0.15) is 15.9 Å². The van der Waals surface area contributed by atoms with Crippen LogP contribution in [-0.2, 0) is 9.47 Å². The molecule has 3 rings (SSSR count). The second kappa shape index (κ2) is 6.29. The molecule has 0 unspecified atom stereocenters. The van der Waals surface area contributed by atoms with Gasteiger partial charge < -0.3 is 9.47 Å². The van der Waals surface area contributed by atoms with Crippen LogP contribution in [0.5, 0.6) is 0 Å². The van der Waals surface area contributed by atoms with E-state index in [9.17, 15) is 9.59 Å². The molecule has 25 heavy (non-hydrogen) atoms. The molecule has 0 amide bonds. The lowest BCUT2D eigenvalue weighted by Crippen LogP contribution is -2.27. The summed E-state index contributed by atoms with van der Waals surface area (Å²) in [6.45, 7) is 5.37. The van der Waals surface area contributed by atoms with Crippen molar-refractivity contribution >= 4 is 33.7 Å². The maximum absolute atomic E-state index is 12.8. The number of pyridine rings is 1. The number of fused-ring (bicyclic) bond motifs is 1. The third-order valence-electron chi connectivity index (χ3n) is 3.22. The summed E-state index contributed by atoms with van der Waals surface area (Å²) in [6.07, 6.45) is 1.09. The van der Waals surface area contributed by atoms with Crippen molar-refractivity contribution in [3.05, 3.63) is 35.5 Å². The van der Waals surface area contributed by atoms with Gasteiger partial charge >= 0.3 is 12.1 Å². The fraction of sp³-hybridized carbons (Fsp3) is 0.294. The normalized spacial score (nSPS) is 11.5. The Morgan fingerprint density at radius 3 is 2.60 bits per heavy atom. The first-order valence-electron chi connectivity index (χ1n) is 7.55. The highest BCUT2D eigenvalue weighted by Crippen LogP contribution is 2.32. The van der Waals surface area contributed by atoms with E-state index >= 15 is 0 Å². The zero-order chi connectivity index (χ0) is 18.2. The number of carbonyl (C=O) groups is 2. The van der Waals surface area contributed by atoms with Gasteiger partial charge in [0.2, 0.25) is 5.01 Å². The maximum Gasteiger partial charge on any atom is 0.420 e. The highest BCUT2D eigenvalue weighted by molar-refractivity contribution is 7.20. The van der Waals surface area contributed by atoms with E-state index in [1.165, 1.54) is 11.7 Å². The fourth-order valence-electron chi connectivity index (χ4n) is 2.25. The Bertz CT molecular complexity index is 938. The average Bonchev–Trinajstić information content (AvgIpc) is 3.10. The van der Waals surface area contributed by atoms with E-state index in [0.717, 1.165) is 11.3 Å². The molecule has 3 aromatic rings. The lowest BCUT2D eigenvalue weighted by molar-refractivity contribution is 0.0545. The van der Waals surface area contributed by atoms with Crippen LogP contribution < -0.4 is 0 Å². The summed E-state index contributed by atoms with van der Waals surface area (Å²) in [7, 11) is 1.29.